The first-order chi connectivity index (χ1) is 14.5. The quantitative estimate of drug-likeness (QED) is 0.392. The fourth-order valence-corrected chi connectivity index (χ4v) is 3.26. The number of anilines is 1. The van der Waals surface area contributed by atoms with Gasteiger partial charge in [0.2, 0.25) is 0 Å². The molecule has 0 aliphatic carbocycles. The van der Waals surface area contributed by atoms with Crippen LogP contribution >= 0.6 is 23.2 Å². The molecule has 0 saturated heterocycles. The van der Waals surface area contributed by atoms with Crippen molar-refractivity contribution in [3.8, 4) is 17.2 Å². The van der Waals surface area contributed by atoms with Crippen LogP contribution in [-0.4, -0.2) is 13.7 Å². The van der Waals surface area contributed by atoms with Crippen LogP contribution in [0.5, 0.6) is 17.2 Å². The summed E-state index contributed by atoms with van der Waals surface area (Å²) in [5.41, 5.74) is 2.05. The Kier molecular flexibility index (Phi) is 7.66. The number of benzene rings is 3. The van der Waals surface area contributed by atoms with Crippen molar-refractivity contribution in [3.05, 3.63) is 81.6 Å². The summed E-state index contributed by atoms with van der Waals surface area (Å²) >= 11 is 12.5. The Labute approximate surface area is 185 Å². The lowest BCUT2D eigenvalue weighted by Crippen LogP contribution is -2.05. The molecule has 0 atom stereocenters. The summed E-state index contributed by atoms with van der Waals surface area (Å²) in [5, 5.41) is 4.12. The highest BCUT2D eigenvalue weighted by Gasteiger charge is 2.14. The van der Waals surface area contributed by atoms with E-state index >= 15 is 0 Å². The molecular weight excluding hydrogens is 428 g/mol. The lowest BCUT2D eigenvalue weighted by molar-refractivity contribution is 0.265. The standard InChI is InChI=1S/C23H22Cl2FNO3/c1-3-29-22-11-15(13-27-16-7-9-17(28-2)10-8-16)20(25)12-23(22)30-14-18-19(24)5-4-6-21(18)26/h4-12,27H,3,13-14H2,1-2H3. The molecule has 3 aromatic rings. The zero-order chi connectivity index (χ0) is 21.5. The van der Waals surface area contributed by atoms with Crippen LogP contribution in [0.2, 0.25) is 10.0 Å². The molecule has 0 unspecified atom stereocenters. The first-order valence-electron chi connectivity index (χ1n) is 9.40. The van der Waals surface area contributed by atoms with Gasteiger partial charge in [0, 0.05) is 28.9 Å². The normalized spacial score (nSPS) is 10.6. The Hall–Kier alpha value is -2.63. The molecule has 0 heterocycles. The Morgan fingerprint density at radius 2 is 1.67 bits per heavy atom. The lowest BCUT2D eigenvalue weighted by atomic mass is 10.2. The van der Waals surface area contributed by atoms with Crippen molar-refractivity contribution in [2.75, 3.05) is 19.0 Å². The monoisotopic (exact) mass is 449 g/mol. The maximum absolute atomic E-state index is 14.0. The average molecular weight is 450 g/mol. The highest BCUT2D eigenvalue weighted by Crippen LogP contribution is 2.35. The summed E-state index contributed by atoms with van der Waals surface area (Å²) in [6.45, 7) is 2.78. The average Bonchev–Trinajstić information content (AvgIpc) is 2.74. The zero-order valence-corrected chi connectivity index (χ0v) is 18.2. The van der Waals surface area contributed by atoms with Gasteiger partial charge in [-0.1, -0.05) is 29.3 Å². The molecule has 4 nitrogen and oxygen atoms in total. The minimum atomic E-state index is -0.424. The van der Waals surface area contributed by atoms with E-state index in [2.05, 4.69) is 5.32 Å². The van der Waals surface area contributed by atoms with E-state index in [1.807, 2.05) is 37.3 Å². The molecule has 0 bridgehead atoms. The summed E-state index contributed by atoms with van der Waals surface area (Å²) in [6, 6.07) is 15.6. The second-order valence-electron chi connectivity index (χ2n) is 6.39. The summed E-state index contributed by atoms with van der Waals surface area (Å²) in [6.07, 6.45) is 0. The second kappa shape index (κ2) is 10.4. The Morgan fingerprint density at radius 1 is 0.933 bits per heavy atom. The number of hydrogen-bond acceptors (Lipinski definition) is 4. The van der Waals surface area contributed by atoms with E-state index in [0.29, 0.717) is 34.7 Å². The molecule has 0 spiro atoms. The molecular formula is C23H22Cl2FNO3. The van der Waals surface area contributed by atoms with Crippen molar-refractivity contribution in [1.29, 1.82) is 0 Å². The third kappa shape index (κ3) is 5.49. The molecule has 30 heavy (non-hydrogen) atoms. The van der Waals surface area contributed by atoms with Crippen molar-refractivity contribution < 1.29 is 18.6 Å². The van der Waals surface area contributed by atoms with E-state index in [1.54, 1.807) is 25.3 Å². The van der Waals surface area contributed by atoms with Crippen LogP contribution in [-0.2, 0) is 13.2 Å². The minimum absolute atomic E-state index is 0.0364. The van der Waals surface area contributed by atoms with E-state index in [1.165, 1.54) is 6.07 Å². The molecule has 3 rings (SSSR count). The summed E-state index contributed by atoms with van der Waals surface area (Å²) in [4.78, 5) is 0. The first-order valence-corrected chi connectivity index (χ1v) is 10.2. The van der Waals surface area contributed by atoms with E-state index in [0.717, 1.165) is 17.0 Å². The van der Waals surface area contributed by atoms with Gasteiger partial charge in [0.25, 0.3) is 0 Å². The number of ether oxygens (including phenoxy) is 3. The van der Waals surface area contributed by atoms with Crippen LogP contribution in [0.15, 0.2) is 54.6 Å². The Balaban J connectivity index is 1.75. The van der Waals surface area contributed by atoms with E-state index < -0.39 is 5.82 Å². The van der Waals surface area contributed by atoms with E-state index in [9.17, 15) is 4.39 Å². The molecule has 3 aromatic carbocycles. The molecule has 0 aliphatic rings. The number of nitrogens with one attached hydrogen (secondary N) is 1. The molecule has 0 aromatic heterocycles. The largest absolute Gasteiger partial charge is 0.497 e. The van der Waals surface area contributed by atoms with Crippen LogP contribution < -0.4 is 19.5 Å². The minimum Gasteiger partial charge on any atom is -0.497 e. The van der Waals surface area contributed by atoms with Crippen molar-refractivity contribution in [2.45, 2.75) is 20.1 Å². The van der Waals surface area contributed by atoms with Gasteiger partial charge in [-0.15, -0.1) is 0 Å². The molecule has 0 saturated carbocycles. The smallest absolute Gasteiger partial charge is 0.163 e. The van der Waals surface area contributed by atoms with Gasteiger partial charge in [-0.3, -0.25) is 0 Å². The predicted octanol–water partition coefficient (Wildman–Crippen LogP) is 6.73. The van der Waals surface area contributed by atoms with Gasteiger partial charge in [-0.25, -0.2) is 4.39 Å². The van der Waals surface area contributed by atoms with Gasteiger partial charge >= 0.3 is 0 Å². The summed E-state index contributed by atoms with van der Waals surface area (Å²) in [7, 11) is 1.63. The van der Waals surface area contributed by atoms with Crippen molar-refractivity contribution in [3.63, 3.8) is 0 Å². The van der Waals surface area contributed by atoms with Crippen LogP contribution in [0.1, 0.15) is 18.1 Å². The Morgan fingerprint density at radius 3 is 2.33 bits per heavy atom. The van der Waals surface area contributed by atoms with Gasteiger partial charge in [-0.05, 0) is 55.0 Å². The molecule has 0 fully saturated rings. The zero-order valence-electron chi connectivity index (χ0n) is 16.7. The molecule has 7 heteroatoms. The topological polar surface area (TPSA) is 39.7 Å². The van der Waals surface area contributed by atoms with Gasteiger partial charge in [0.15, 0.2) is 11.5 Å². The molecule has 158 valence electrons. The van der Waals surface area contributed by atoms with Crippen LogP contribution in [0.25, 0.3) is 0 Å². The van der Waals surface area contributed by atoms with Gasteiger partial charge in [0.05, 0.1) is 18.7 Å². The molecule has 0 amide bonds. The maximum Gasteiger partial charge on any atom is 0.163 e. The molecule has 0 aliphatic heterocycles. The van der Waals surface area contributed by atoms with Gasteiger partial charge in [0.1, 0.15) is 18.2 Å². The number of methoxy groups -OCH3 is 1. The van der Waals surface area contributed by atoms with Crippen LogP contribution in [0, 0.1) is 5.82 Å². The third-order valence-corrected chi connectivity index (χ3v) is 5.13. The second-order valence-corrected chi connectivity index (χ2v) is 7.21. The van der Waals surface area contributed by atoms with Crippen molar-refractivity contribution in [2.24, 2.45) is 0 Å². The van der Waals surface area contributed by atoms with Crippen LogP contribution in [0.3, 0.4) is 0 Å². The van der Waals surface area contributed by atoms with E-state index in [-0.39, 0.29) is 12.2 Å². The fraction of sp³-hybridized carbons (Fsp3) is 0.217. The molecule has 0 radical (unpaired) electrons. The maximum atomic E-state index is 14.0. The summed E-state index contributed by atoms with van der Waals surface area (Å²) < 4.78 is 30.7. The highest BCUT2D eigenvalue weighted by atomic mass is 35.5. The van der Waals surface area contributed by atoms with Gasteiger partial charge in [-0.2, -0.15) is 0 Å². The van der Waals surface area contributed by atoms with Gasteiger partial charge < -0.3 is 19.5 Å². The SMILES string of the molecule is CCOc1cc(CNc2ccc(OC)cc2)c(Cl)cc1OCc1c(F)cccc1Cl. The first kappa shape index (κ1) is 22.1. The summed E-state index contributed by atoms with van der Waals surface area (Å²) in [5.74, 6) is 1.32. The number of rotatable bonds is 9. The Bertz CT molecular complexity index is 976. The van der Waals surface area contributed by atoms with E-state index in [4.69, 9.17) is 37.4 Å². The predicted molar refractivity (Wildman–Crippen MR) is 119 cm³/mol. The number of hydrogen-bond donors (Lipinski definition) is 1. The lowest BCUT2D eigenvalue weighted by Gasteiger charge is -2.16. The number of halogens is 3. The highest BCUT2D eigenvalue weighted by molar-refractivity contribution is 6.31. The third-order valence-electron chi connectivity index (χ3n) is 4.42. The van der Waals surface area contributed by atoms with Crippen molar-refractivity contribution in [1.82, 2.24) is 0 Å². The molecule has 1 N–H and O–H groups in total. The van der Waals surface area contributed by atoms with Crippen molar-refractivity contribution >= 4 is 28.9 Å². The fourth-order valence-electron chi connectivity index (χ4n) is 2.82. The van der Waals surface area contributed by atoms with Crippen LogP contribution in [0.4, 0.5) is 10.1 Å².